The summed E-state index contributed by atoms with van der Waals surface area (Å²) in [5.74, 6) is 1.05. The largest absolute Gasteiger partial charge is 0.313 e. The second-order valence-electron chi connectivity index (χ2n) is 8.23. The number of fused-ring (bicyclic) bond motifs is 1. The van der Waals surface area contributed by atoms with Crippen LogP contribution in [-0.4, -0.2) is 36.6 Å². The van der Waals surface area contributed by atoms with Gasteiger partial charge in [0.25, 0.3) is 0 Å². The Kier molecular flexibility index (Phi) is 3.80. The van der Waals surface area contributed by atoms with Crippen LogP contribution in [0.4, 0.5) is 0 Å². The summed E-state index contributed by atoms with van der Waals surface area (Å²) in [6.45, 7) is 4.12. The van der Waals surface area contributed by atoms with E-state index in [0.717, 1.165) is 18.0 Å². The van der Waals surface area contributed by atoms with E-state index in [4.69, 9.17) is 0 Å². The molecule has 1 N–H and O–H groups in total. The number of piperidine rings is 1. The van der Waals surface area contributed by atoms with Crippen LogP contribution < -0.4 is 5.32 Å². The molecule has 0 bridgehead atoms. The van der Waals surface area contributed by atoms with Gasteiger partial charge in [0.15, 0.2) is 0 Å². The van der Waals surface area contributed by atoms with Crippen LogP contribution in [0.25, 0.3) is 0 Å². The molecule has 3 aliphatic carbocycles. The van der Waals surface area contributed by atoms with E-state index in [-0.39, 0.29) is 0 Å². The van der Waals surface area contributed by atoms with E-state index in [9.17, 15) is 0 Å². The molecule has 20 heavy (non-hydrogen) atoms. The lowest BCUT2D eigenvalue weighted by atomic mass is 9.82. The van der Waals surface area contributed by atoms with Crippen LogP contribution in [0.15, 0.2) is 0 Å². The normalized spacial score (nSPS) is 37.2. The number of likely N-dealkylation sites (tertiary alicyclic amines) is 1. The van der Waals surface area contributed by atoms with Crippen molar-refractivity contribution in [2.45, 2.75) is 82.7 Å². The van der Waals surface area contributed by atoms with E-state index >= 15 is 0 Å². The van der Waals surface area contributed by atoms with Crippen molar-refractivity contribution in [1.82, 2.24) is 10.2 Å². The number of hydrogen-bond acceptors (Lipinski definition) is 2. The average Bonchev–Trinajstić information content (AvgIpc) is 2.98. The third-order valence-corrected chi connectivity index (χ3v) is 6.65. The first-order valence-electron chi connectivity index (χ1n) is 9.32. The molecule has 2 atom stereocenters. The molecule has 114 valence electrons. The summed E-state index contributed by atoms with van der Waals surface area (Å²) in [7, 11) is 0. The van der Waals surface area contributed by atoms with E-state index in [1.54, 1.807) is 0 Å². The van der Waals surface area contributed by atoms with Crippen LogP contribution >= 0.6 is 0 Å². The molecule has 2 heteroatoms. The van der Waals surface area contributed by atoms with Crippen molar-refractivity contribution in [3.8, 4) is 0 Å². The van der Waals surface area contributed by atoms with Gasteiger partial charge in [-0.1, -0.05) is 19.3 Å². The highest BCUT2D eigenvalue weighted by Gasteiger charge is 2.41. The van der Waals surface area contributed by atoms with Gasteiger partial charge in [0.2, 0.25) is 0 Å². The summed E-state index contributed by atoms with van der Waals surface area (Å²) in [5.41, 5.74) is 0.632. The van der Waals surface area contributed by atoms with Gasteiger partial charge in [-0.3, -0.25) is 4.90 Å². The Morgan fingerprint density at radius 1 is 0.900 bits per heavy atom. The minimum atomic E-state index is 0.632. The van der Waals surface area contributed by atoms with E-state index in [1.807, 2.05) is 0 Å². The fourth-order valence-electron chi connectivity index (χ4n) is 5.35. The zero-order chi connectivity index (χ0) is 13.4. The maximum absolute atomic E-state index is 3.86. The molecule has 4 aliphatic rings. The van der Waals surface area contributed by atoms with Crippen LogP contribution in [0.3, 0.4) is 0 Å². The summed E-state index contributed by atoms with van der Waals surface area (Å²) in [6, 6.07) is 1.84. The molecule has 1 heterocycles. The van der Waals surface area contributed by atoms with Crippen molar-refractivity contribution in [2.75, 3.05) is 19.6 Å². The number of hydrogen-bond donors (Lipinski definition) is 1. The van der Waals surface area contributed by atoms with Gasteiger partial charge in [0, 0.05) is 25.2 Å². The quantitative estimate of drug-likeness (QED) is 0.826. The zero-order valence-corrected chi connectivity index (χ0v) is 13.1. The summed E-state index contributed by atoms with van der Waals surface area (Å²) in [5, 5.41) is 3.86. The van der Waals surface area contributed by atoms with Crippen molar-refractivity contribution in [2.24, 2.45) is 11.3 Å². The first-order chi connectivity index (χ1) is 9.85. The summed E-state index contributed by atoms with van der Waals surface area (Å²) in [6.07, 6.45) is 16.3. The average molecular weight is 276 g/mol. The molecular formula is C18H32N2. The lowest BCUT2D eigenvalue weighted by Crippen LogP contribution is -2.50. The lowest BCUT2D eigenvalue weighted by molar-refractivity contribution is 0.0597. The molecule has 2 nitrogen and oxygen atoms in total. The second-order valence-corrected chi connectivity index (χ2v) is 8.23. The lowest BCUT2D eigenvalue weighted by Gasteiger charge is -2.43. The molecule has 0 spiro atoms. The molecule has 1 aliphatic heterocycles. The highest BCUT2D eigenvalue weighted by atomic mass is 15.2. The maximum Gasteiger partial charge on any atom is 0.0124 e. The van der Waals surface area contributed by atoms with Crippen molar-refractivity contribution in [3.63, 3.8) is 0 Å². The fourth-order valence-corrected chi connectivity index (χ4v) is 5.35. The zero-order valence-electron chi connectivity index (χ0n) is 13.1. The van der Waals surface area contributed by atoms with Gasteiger partial charge in [-0.15, -0.1) is 0 Å². The molecule has 0 radical (unpaired) electrons. The highest BCUT2D eigenvalue weighted by molar-refractivity contribution is 4.96. The van der Waals surface area contributed by atoms with Gasteiger partial charge in [-0.25, -0.2) is 0 Å². The maximum atomic E-state index is 3.86. The monoisotopic (exact) mass is 276 g/mol. The van der Waals surface area contributed by atoms with Gasteiger partial charge in [0.1, 0.15) is 0 Å². The van der Waals surface area contributed by atoms with E-state index in [2.05, 4.69) is 10.2 Å². The molecular weight excluding hydrogens is 244 g/mol. The SMILES string of the molecule is C1CC2CCCN(CC3(CNC4CC4)CCCC3)C2C1. The summed E-state index contributed by atoms with van der Waals surface area (Å²) >= 11 is 0. The highest BCUT2D eigenvalue weighted by Crippen LogP contribution is 2.43. The van der Waals surface area contributed by atoms with E-state index < -0.39 is 0 Å². The van der Waals surface area contributed by atoms with Gasteiger partial charge in [-0.2, -0.15) is 0 Å². The van der Waals surface area contributed by atoms with Crippen molar-refractivity contribution >= 4 is 0 Å². The van der Waals surface area contributed by atoms with Gasteiger partial charge in [0.05, 0.1) is 0 Å². The van der Waals surface area contributed by atoms with Gasteiger partial charge in [-0.05, 0) is 69.2 Å². The first-order valence-corrected chi connectivity index (χ1v) is 9.32. The molecule has 0 aromatic heterocycles. The Balaban J connectivity index is 1.41. The smallest absolute Gasteiger partial charge is 0.0124 e. The third kappa shape index (κ3) is 2.78. The number of rotatable bonds is 5. The van der Waals surface area contributed by atoms with E-state index in [0.29, 0.717) is 5.41 Å². The summed E-state index contributed by atoms with van der Waals surface area (Å²) in [4.78, 5) is 2.93. The molecule has 3 saturated carbocycles. The van der Waals surface area contributed by atoms with E-state index in [1.165, 1.54) is 90.3 Å². The van der Waals surface area contributed by atoms with Crippen LogP contribution in [-0.2, 0) is 0 Å². The molecule has 4 fully saturated rings. The molecule has 0 aromatic rings. The fraction of sp³-hybridized carbons (Fsp3) is 1.00. The number of nitrogens with one attached hydrogen (secondary N) is 1. The van der Waals surface area contributed by atoms with Crippen molar-refractivity contribution in [1.29, 1.82) is 0 Å². The predicted octanol–water partition coefficient (Wildman–Crippen LogP) is 3.56. The predicted molar refractivity (Wildman–Crippen MR) is 83.9 cm³/mol. The molecule has 2 unspecified atom stereocenters. The van der Waals surface area contributed by atoms with Gasteiger partial charge >= 0.3 is 0 Å². The van der Waals surface area contributed by atoms with Crippen molar-refractivity contribution < 1.29 is 0 Å². The third-order valence-electron chi connectivity index (χ3n) is 6.65. The van der Waals surface area contributed by atoms with Crippen molar-refractivity contribution in [3.05, 3.63) is 0 Å². The first kappa shape index (κ1) is 13.6. The van der Waals surface area contributed by atoms with Crippen LogP contribution in [0.2, 0.25) is 0 Å². The van der Waals surface area contributed by atoms with Crippen LogP contribution in [0.5, 0.6) is 0 Å². The minimum absolute atomic E-state index is 0.632. The van der Waals surface area contributed by atoms with Crippen LogP contribution in [0, 0.1) is 11.3 Å². The molecule has 0 amide bonds. The minimum Gasteiger partial charge on any atom is -0.313 e. The summed E-state index contributed by atoms with van der Waals surface area (Å²) < 4.78 is 0. The Bertz CT molecular complexity index is 330. The topological polar surface area (TPSA) is 15.3 Å². The molecule has 0 aromatic carbocycles. The number of nitrogens with zero attached hydrogens (tertiary/aromatic N) is 1. The Labute approximate surface area is 124 Å². The Morgan fingerprint density at radius 3 is 2.50 bits per heavy atom. The van der Waals surface area contributed by atoms with Crippen LogP contribution in [0.1, 0.15) is 70.6 Å². The Hall–Kier alpha value is -0.0800. The second kappa shape index (κ2) is 5.61. The molecule has 4 rings (SSSR count). The Morgan fingerprint density at radius 2 is 1.70 bits per heavy atom. The standard InChI is InChI=1S/C18H32N2/c1-2-11-18(10-1,13-19-16-8-9-16)14-20-12-4-6-15-5-3-7-17(15)20/h15-17,19H,1-14H2. The molecule has 1 saturated heterocycles. The van der Waals surface area contributed by atoms with Gasteiger partial charge < -0.3 is 5.32 Å².